The fourth-order valence-electron chi connectivity index (χ4n) is 2.31. The van der Waals surface area contributed by atoms with Crippen molar-refractivity contribution in [2.45, 2.75) is 65.3 Å². The van der Waals surface area contributed by atoms with E-state index < -0.39 is 0 Å². The molecule has 21 heavy (non-hydrogen) atoms. The number of nitrogens with zero attached hydrogens (tertiary/aromatic N) is 1. The highest BCUT2D eigenvalue weighted by Gasteiger charge is 2.46. The molecule has 1 aliphatic rings. The van der Waals surface area contributed by atoms with E-state index in [1.54, 1.807) is 0 Å². The number of aromatic nitrogens is 1. The van der Waals surface area contributed by atoms with Gasteiger partial charge < -0.3 is 9.47 Å². The zero-order valence-electron chi connectivity index (χ0n) is 13.7. The first kappa shape index (κ1) is 16.2. The molecule has 3 heteroatoms. The zero-order valence-corrected chi connectivity index (χ0v) is 13.7. The standard InChI is InChI=1S/C18H27NO2/c1-5-15-7-8-16(19-12-15)13-20-11-10-14(2)6-9-17-18(3,4)21-17/h7-8,10,12,17H,5-6,9,11,13H2,1-4H3. The van der Waals surface area contributed by atoms with E-state index in [0.29, 0.717) is 19.3 Å². The number of hydrogen-bond acceptors (Lipinski definition) is 3. The van der Waals surface area contributed by atoms with Gasteiger partial charge >= 0.3 is 0 Å². The summed E-state index contributed by atoms with van der Waals surface area (Å²) in [7, 11) is 0. The smallest absolute Gasteiger partial charge is 0.0892 e. The molecular formula is C18H27NO2. The highest BCUT2D eigenvalue weighted by Crippen LogP contribution is 2.38. The van der Waals surface area contributed by atoms with E-state index in [2.05, 4.69) is 44.8 Å². The molecule has 0 spiro atoms. The topological polar surface area (TPSA) is 34.6 Å². The Labute approximate surface area is 128 Å². The van der Waals surface area contributed by atoms with E-state index in [0.717, 1.165) is 25.0 Å². The molecule has 1 unspecified atom stereocenters. The van der Waals surface area contributed by atoms with Crippen molar-refractivity contribution in [3.05, 3.63) is 41.2 Å². The molecule has 0 aromatic carbocycles. The average Bonchev–Trinajstić information content (AvgIpc) is 3.09. The Morgan fingerprint density at radius 1 is 1.43 bits per heavy atom. The summed E-state index contributed by atoms with van der Waals surface area (Å²) in [5.41, 5.74) is 3.73. The molecule has 2 heterocycles. The van der Waals surface area contributed by atoms with E-state index in [1.807, 2.05) is 12.3 Å². The largest absolute Gasteiger partial charge is 0.371 e. The lowest BCUT2D eigenvalue weighted by atomic mass is 10.0. The highest BCUT2D eigenvalue weighted by molar-refractivity contribution is 5.13. The van der Waals surface area contributed by atoms with Gasteiger partial charge in [0.15, 0.2) is 0 Å². The quantitative estimate of drug-likeness (QED) is 0.411. The molecule has 116 valence electrons. The summed E-state index contributed by atoms with van der Waals surface area (Å²) in [4.78, 5) is 4.39. The Morgan fingerprint density at radius 2 is 2.19 bits per heavy atom. The van der Waals surface area contributed by atoms with Crippen molar-refractivity contribution >= 4 is 0 Å². The van der Waals surface area contributed by atoms with Crippen molar-refractivity contribution in [3.8, 4) is 0 Å². The zero-order chi connectivity index (χ0) is 15.3. The Kier molecular flexibility index (Phi) is 5.54. The minimum Gasteiger partial charge on any atom is -0.371 e. The molecular weight excluding hydrogens is 262 g/mol. The molecule has 1 aliphatic heterocycles. The third-order valence-corrected chi connectivity index (χ3v) is 4.06. The Balaban J connectivity index is 1.62. The van der Waals surface area contributed by atoms with Crippen LogP contribution >= 0.6 is 0 Å². The van der Waals surface area contributed by atoms with Gasteiger partial charge in [0, 0.05) is 6.20 Å². The summed E-state index contributed by atoms with van der Waals surface area (Å²) in [5.74, 6) is 0. The van der Waals surface area contributed by atoms with Crippen LogP contribution in [-0.4, -0.2) is 23.3 Å². The predicted molar refractivity (Wildman–Crippen MR) is 85.2 cm³/mol. The Morgan fingerprint density at radius 3 is 2.76 bits per heavy atom. The van der Waals surface area contributed by atoms with Crippen molar-refractivity contribution in [2.75, 3.05) is 6.61 Å². The average molecular weight is 289 g/mol. The lowest BCUT2D eigenvalue weighted by molar-refractivity contribution is 0.145. The highest BCUT2D eigenvalue weighted by atomic mass is 16.6. The minimum atomic E-state index is 0.104. The van der Waals surface area contributed by atoms with Gasteiger partial charge in [-0.2, -0.15) is 0 Å². The van der Waals surface area contributed by atoms with Crippen molar-refractivity contribution in [1.29, 1.82) is 0 Å². The van der Waals surface area contributed by atoms with Gasteiger partial charge in [-0.3, -0.25) is 4.98 Å². The van der Waals surface area contributed by atoms with Crippen LogP contribution in [0.2, 0.25) is 0 Å². The van der Waals surface area contributed by atoms with Crippen LogP contribution in [0, 0.1) is 0 Å². The summed E-state index contributed by atoms with van der Waals surface area (Å²) in [5, 5.41) is 0. The normalized spacial score (nSPS) is 20.6. The van der Waals surface area contributed by atoms with E-state index in [1.165, 1.54) is 11.1 Å². The van der Waals surface area contributed by atoms with Gasteiger partial charge in [0.2, 0.25) is 0 Å². The third kappa shape index (κ3) is 5.25. The monoisotopic (exact) mass is 289 g/mol. The maximum absolute atomic E-state index is 5.66. The molecule has 0 radical (unpaired) electrons. The lowest BCUT2D eigenvalue weighted by Gasteiger charge is -2.04. The predicted octanol–water partition coefficient (Wildman–Crippen LogP) is 4.06. The number of allylic oxidation sites excluding steroid dienone is 1. The number of pyridine rings is 1. The third-order valence-electron chi connectivity index (χ3n) is 4.06. The second-order valence-corrected chi connectivity index (χ2v) is 6.33. The van der Waals surface area contributed by atoms with Crippen LogP contribution in [0.1, 0.15) is 51.8 Å². The first-order valence-electron chi connectivity index (χ1n) is 7.86. The van der Waals surface area contributed by atoms with Crippen LogP contribution in [-0.2, 0) is 22.5 Å². The van der Waals surface area contributed by atoms with E-state index in [9.17, 15) is 0 Å². The maximum Gasteiger partial charge on any atom is 0.0892 e. The molecule has 0 N–H and O–H groups in total. The summed E-state index contributed by atoms with van der Waals surface area (Å²) in [6.07, 6.45) is 7.74. The lowest BCUT2D eigenvalue weighted by Crippen LogP contribution is -2.02. The first-order chi connectivity index (χ1) is 10.0. The molecule has 1 atom stereocenters. The van der Waals surface area contributed by atoms with Gasteiger partial charge in [-0.05, 0) is 51.7 Å². The number of hydrogen-bond donors (Lipinski definition) is 0. The Bertz CT molecular complexity index is 476. The second-order valence-electron chi connectivity index (χ2n) is 6.33. The summed E-state index contributed by atoms with van der Waals surface area (Å²) in [6, 6.07) is 4.16. The molecule has 1 aromatic heterocycles. The van der Waals surface area contributed by atoms with Crippen LogP contribution in [0.25, 0.3) is 0 Å². The van der Waals surface area contributed by atoms with Crippen molar-refractivity contribution in [1.82, 2.24) is 4.98 Å². The molecule has 0 bridgehead atoms. The van der Waals surface area contributed by atoms with E-state index in [-0.39, 0.29) is 5.60 Å². The van der Waals surface area contributed by atoms with Crippen LogP contribution < -0.4 is 0 Å². The summed E-state index contributed by atoms with van der Waals surface area (Å²) >= 11 is 0. The minimum absolute atomic E-state index is 0.104. The SMILES string of the molecule is CCc1ccc(COCC=C(C)CCC2OC2(C)C)nc1. The number of ether oxygens (including phenoxy) is 2. The number of aryl methyl sites for hydroxylation is 1. The number of epoxide rings is 1. The van der Waals surface area contributed by atoms with E-state index in [4.69, 9.17) is 9.47 Å². The van der Waals surface area contributed by atoms with Crippen molar-refractivity contribution in [3.63, 3.8) is 0 Å². The van der Waals surface area contributed by atoms with Crippen molar-refractivity contribution in [2.24, 2.45) is 0 Å². The van der Waals surface area contributed by atoms with Crippen LogP contribution in [0.4, 0.5) is 0 Å². The summed E-state index contributed by atoms with van der Waals surface area (Å²) in [6.45, 7) is 9.82. The van der Waals surface area contributed by atoms with Crippen LogP contribution in [0.5, 0.6) is 0 Å². The molecule has 1 aromatic rings. The van der Waals surface area contributed by atoms with Gasteiger partial charge in [0.05, 0.1) is 30.6 Å². The fourth-order valence-corrected chi connectivity index (χ4v) is 2.31. The first-order valence-corrected chi connectivity index (χ1v) is 7.86. The molecule has 1 saturated heterocycles. The van der Waals surface area contributed by atoms with Gasteiger partial charge in [-0.25, -0.2) is 0 Å². The van der Waals surface area contributed by atoms with Crippen LogP contribution in [0.3, 0.4) is 0 Å². The molecule has 3 nitrogen and oxygen atoms in total. The van der Waals surface area contributed by atoms with Crippen molar-refractivity contribution < 1.29 is 9.47 Å². The van der Waals surface area contributed by atoms with Gasteiger partial charge in [-0.1, -0.05) is 24.6 Å². The maximum atomic E-state index is 5.66. The fraction of sp³-hybridized carbons (Fsp3) is 0.611. The molecule has 2 rings (SSSR count). The van der Waals surface area contributed by atoms with Gasteiger partial charge in [-0.15, -0.1) is 0 Å². The molecule has 1 fully saturated rings. The summed E-state index contributed by atoms with van der Waals surface area (Å²) < 4.78 is 11.2. The van der Waals surface area contributed by atoms with Gasteiger partial charge in [0.25, 0.3) is 0 Å². The molecule has 0 saturated carbocycles. The molecule has 0 aliphatic carbocycles. The molecule has 0 amide bonds. The van der Waals surface area contributed by atoms with E-state index >= 15 is 0 Å². The van der Waals surface area contributed by atoms with Gasteiger partial charge in [0.1, 0.15) is 0 Å². The second kappa shape index (κ2) is 7.19. The Hall–Kier alpha value is -1.19. The van der Waals surface area contributed by atoms with Crippen LogP contribution in [0.15, 0.2) is 30.0 Å². The number of rotatable bonds is 8.